The van der Waals surface area contributed by atoms with Gasteiger partial charge in [0.2, 0.25) is 5.43 Å². The van der Waals surface area contributed by atoms with E-state index in [0.29, 0.717) is 24.8 Å². The lowest BCUT2D eigenvalue weighted by atomic mass is 10.1. The Morgan fingerprint density at radius 2 is 1.72 bits per heavy atom. The summed E-state index contributed by atoms with van der Waals surface area (Å²) in [5.74, 6) is 0.864. The average molecular weight is 395 g/mol. The summed E-state index contributed by atoms with van der Waals surface area (Å²) >= 11 is 0. The minimum Gasteiger partial charge on any atom is -0.489 e. The molecule has 0 spiro atoms. The van der Waals surface area contributed by atoms with Gasteiger partial charge in [-0.3, -0.25) is 9.69 Å². The third-order valence-corrected chi connectivity index (χ3v) is 5.60. The zero-order chi connectivity index (χ0) is 20.6. The van der Waals surface area contributed by atoms with Crippen LogP contribution in [-0.4, -0.2) is 37.7 Å². The summed E-state index contributed by atoms with van der Waals surface area (Å²) in [5, 5.41) is 0. The molecule has 0 unspecified atom stereocenters. The van der Waals surface area contributed by atoms with Crippen LogP contribution >= 0.6 is 0 Å². The molecule has 0 radical (unpaired) electrons. The van der Waals surface area contributed by atoms with Crippen LogP contribution in [0.25, 0.3) is 0 Å². The van der Waals surface area contributed by atoms with Gasteiger partial charge in [-0.15, -0.1) is 0 Å². The number of hydrogen-bond donors (Lipinski definition) is 0. The van der Waals surface area contributed by atoms with Crippen molar-refractivity contribution in [2.45, 2.75) is 46.1 Å². The first kappa shape index (κ1) is 21.4. The first-order valence-corrected chi connectivity index (χ1v) is 10.9. The van der Waals surface area contributed by atoms with Crippen LogP contribution < -0.4 is 15.1 Å². The van der Waals surface area contributed by atoms with Crippen molar-refractivity contribution in [2.24, 2.45) is 0 Å². The van der Waals surface area contributed by atoms with Gasteiger partial charge in [0.25, 0.3) is 0 Å². The van der Waals surface area contributed by atoms with E-state index in [0.717, 1.165) is 50.1 Å². The van der Waals surface area contributed by atoms with Crippen molar-refractivity contribution in [1.82, 2.24) is 4.90 Å². The van der Waals surface area contributed by atoms with E-state index in [1.54, 1.807) is 0 Å². The Kier molecular flexibility index (Phi) is 7.70. The van der Waals surface area contributed by atoms with Crippen molar-refractivity contribution in [3.63, 3.8) is 0 Å². The molecule has 4 nitrogen and oxygen atoms in total. The van der Waals surface area contributed by atoms with Crippen LogP contribution in [-0.2, 0) is 6.54 Å². The van der Waals surface area contributed by atoms with Crippen LogP contribution in [0.4, 0.5) is 5.69 Å². The lowest BCUT2D eigenvalue weighted by Gasteiger charge is -2.36. The zero-order valence-electron chi connectivity index (χ0n) is 18.1. The Balaban J connectivity index is 1.72. The first-order valence-electron chi connectivity index (χ1n) is 10.9. The normalized spacial score (nSPS) is 15.0. The molecule has 0 N–H and O–H groups in total. The Hall–Kier alpha value is -2.33. The van der Waals surface area contributed by atoms with Crippen molar-refractivity contribution in [1.29, 1.82) is 0 Å². The second-order valence-corrected chi connectivity index (χ2v) is 8.15. The van der Waals surface area contributed by atoms with E-state index in [2.05, 4.69) is 67.0 Å². The minimum absolute atomic E-state index is 0.0403. The molecule has 1 fully saturated rings. The lowest BCUT2D eigenvalue weighted by Crippen LogP contribution is -2.46. The Morgan fingerprint density at radius 1 is 1.00 bits per heavy atom. The van der Waals surface area contributed by atoms with Gasteiger partial charge in [0.05, 0.1) is 6.61 Å². The maximum absolute atomic E-state index is 13.1. The second kappa shape index (κ2) is 10.4. The van der Waals surface area contributed by atoms with Crippen molar-refractivity contribution in [2.75, 3.05) is 37.7 Å². The van der Waals surface area contributed by atoms with E-state index in [1.165, 1.54) is 5.69 Å². The highest BCUT2D eigenvalue weighted by Gasteiger charge is 2.19. The van der Waals surface area contributed by atoms with Crippen molar-refractivity contribution in [3.8, 4) is 5.75 Å². The van der Waals surface area contributed by atoms with E-state index in [4.69, 9.17) is 4.74 Å². The van der Waals surface area contributed by atoms with Crippen molar-refractivity contribution in [3.05, 3.63) is 69.9 Å². The van der Waals surface area contributed by atoms with Gasteiger partial charge in [-0.05, 0) is 36.1 Å². The van der Waals surface area contributed by atoms with Crippen LogP contribution in [0.2, 0.25) is 0 Å². The Labute approximate surface area is 175 Å². The Bertz CT molecular complexity index is 828. The molecule has 0 atom stereocenters. The maximum Gasteiger partial charge on any atom is 0.224 e. The summed E-state index contributed by atoms with van der Waals surface area (Å²) in [7, 11) is 0. The second-order valence-electron chi connectivity index (χ2n) is 8.15. The highest BCUT2D eigenvalue weighted by atomic mass is 16.5. The molecule has 0 saturated carbocycles. The Morgan fingerprint density at radius 3 is 2.38 bits per heavy atom. The van der Waals surface area contributed by atoms with Gasteiger partial charge in [-0.2, -0.15) is 0 Å². The van der Waals surface area contributed by atoms with E-state index in [9.17, 15) is 4.79 Å². The fraction of sp³-hybridized carbons (Fsp3) is 0.480. The van der Waals surface area contributed by atoms with E-state index in [-0.39, 0.29) is 5.43 Å². The lowest BCUT2D eigenvalue weighted by molar-refractivity contribution is 0.248. The van der Waals surface area contributed by atoms with Gasteiger partial charge in [-0.1, -0.05) is 57.5 Å². The summed E-state index contributed by atoms with van der Waals surface area (Å²) in [4.78, 5) is 17.9. The molecule has 3 rings (SSSR count). The van der Waals surface area contributed by atoms with Crippen LogP contribution in [0.3, 0.4) is 0 Å². The third kappa shape index (κ3) is 5.83. The largest absolute Gasteiger partial charge is 0.489 e. The van der Waals surface area contributed by atoms with Crippen LogP contribution in [0.5, 0.6) is 5.75 Å². The summed E-state index contributed by atoms with van der Waals surface area (Å²) in [6, 6.07) is 16.6. The molecule has 2 aromatic carbocycles. The molecule has 1 aliphatic rings. The number of para-hydroxylation sites is 1. The van der Waals surface area contributed by atoms with Crippen molar-refractivity contribution >= 4 is 5.69 Å². The number of rotatable bonds is 8. The number of benzene rings is 1. The summed E-state index contributed by atoms with van der Waals surface area (Å²) < 4.78 is 5.89. The fourth-order valence-electron chi connectivity index (χ4n) is 3.66. The topological polar surface area (TPSA) is 32.8 Å². The predicted molar refractivity (Wildman–Crippen MR) is 121 cm³/mol. The first-order chi connectivity index (χ1) is 14.1. The smallest absolute Gasteiger partial charge is 0.224 e. The van der Waals surface area contributed by atoms with Gasteiger partial charge >= 0.3 is 0 Å². The summed E-state index contributed by atoms with van der Waals surface area (Å²) in [6.45, 7) is 11.6. The van der Waals surface area contributed by atoms with E-state index < -0.39 is 0 Å². The molecule has 1 heterocycles. The standard InChI is InChI=1S/C25H34N2O2/c1-4-5-17-29-24-18-21(20(2)3)11-12-22(25(24)28)19-26-13-15-27(16-14-26)23-9-7-6-8-10-23/h6-12,18,20H,4-5,13-17,19H2,1-3H3. The average Bonchev–Trinajstić information content (AvgIpc) is 2.89. The van der Waals surface area contributed by atoms with Crippen LogP contribution in [0.15, 0.2) is 53.3 Å². The van der Waals surface area contributed by atoms with Crippen LogP contribution in [0.1, 0.15) is 50.7 Å². The molecule has 0 aromatic heterocycles. The minimum atomic E-state index is 0.0403. The number of unbranched alkanes of at least 4 members (excludes halogenated alkanes) is 1. The number of ether oxygens (including phenoxy) is 1. The molecular weight excluding hydrogens is 360 g/mol. The SMILES string of the molecule is CCCCOc1cc(C(C)C)ccc(CN2CCN(c3ccccc3)CC2)c1=O. The molecule has 1 saturated heterocycles. The van der Waals surface area contributed by atoms with Gasteiger partial charge in [0, 0.05) is 44.0 Å². The molecule has 0 amide bonds. The van der Waals surface area contributed by atoms with Crippen molar-refractivity contribution < 1.29 is 4.74 Å². The molecule has 2 aromatic rings. The predicted octanol–water partition coefficient (Wildman–Crippen LogP) is 4.67. The van der Waals surface area contributed by atoms with Gasteiger partial charge in [0.15, 0.2) is 5.75 Å². The quantitative estimate of drug-likeness (QED) is 0.609. The molecule has 4 heteroatoms. The molecule has 0 aliphatic carbocycles. The molecule has 1 aliphatic heterocycles. The van der Waals surface area contributed by atoms with E-state index >= 15 is 0 Å². The van der Waals surface area contributed by atoms with E-state index in [1.807, 2.05) is 12.1 Å². The highest BCUT2D eigenvalue weighted by Crippen LogP contribution is 2.20. The maximum atomic E-state index is 13.1. The third-order valence-electron chi connectivity index (χ3n) is 5.60. The van der Waals surface area contributed by atoms with Gasteiger partial charge in [-0.25, -0.2) is 0 Å². The number of piperazine rings is 1. The molecular formula is C25H34N2O2. The summed E-state index contributed by atoms with van der Waals surface area (Å²) in [5.41, 5.74) is 3.29. The van der Waals surface area contributed by atoms with Gasteiger partial charge in [0.1, 0.15) is 0 Å². The molecule has 0 bridgehead atoms. The summed E-state index contributed by atoms with van der Waals surface area (Å²) in [6.07, 6.45) is 2.02. The van der Waals surface area contributed by atoms with Crippen LogP contribution in [0, 0.1) is 0 Å². The number of anilines is 1. The fourth-order valence-corrected chi connectivity index (χ4v) is 3.66. The molecule has 29 heavy (non-hydrogen) atoms. The monoisotopic (exact) mass is 394 g/mol. The number of hydrogen-bond acceptors (Lipinski definition) is 4. The molecule has 156 valence electrons. The number of nitrogens with zero attached hydrogens (tertiary/aromatic N) is 2. The highest BCUT2D eigenvalue weighted by molar-refractivity contribution is 5.46. The van der Waals surface area contributed by atoms with Gasteiger partial charge < -0.3 is 9.64 Å². The zero-order valence-corrected chi connectivity index (χ0v) is 18.1.